The number of anilines is 3. The Balaban J connectivity index is 1.06. The molecule has 0 atom stereocenters. The van der Waals surface area contributed by atoms with Gasteiger partial charge < -0.3 is 18.3 Å². The Kier molecular flexibility index (Phi) is 7.57. The van der Waals surface area contributed by atoms with E-state index in [1.165, 1.54) is 10.8 Å². The summed E-state index contributed by atoms with van der Waals surface area (Å²) < 4.78 is 15.7. The Morgan fingerprint density at radius 3 is 1.74 bits per heavy atom. The standard InChI is InChI=1S/C58H36N2O2/c1-2-16-40-37(15-1)33-36-48-56-46(22-14-30-55(56)62-58(40)48)44-19-5-7-24-49(44)59(39-34-31-38(32-35-39)41-21-13-23-47-45-20-6-12-29-54(45)61-57(41)47)52-27-10-11-28-53(52)60-50-25-8-3-17-42(50)43-18-4-9-26-51(43)60/h1-36H. The summed E-state index contributed by atoms with van der Waals surface area (Å²) in [6, 6.07) is 78.0. The van der Waals surface area contributed by atoms with Crippen molar-refractivity contribution in [1.29, 1.82) is 0 Å². The minimum absolute atomic E-state index is 0.866. The third-order valence-corrected chi connectivity index (χ3v) is 12.6. The van der Waals surface area contributed by atoms with Crippen molar-refractivity contribution in [3.05, 3.63) is 218 Å². The lowest BCUT2D eigenvalue weighted by Gasteiger charge is -2.30. The molecule has 3 aromatic heterocycles. The first-order valence-corrected chi connectivity index (χ1v) is 21.1. The molecule has 0 unspecified atom stereocenters. The van der Waals surface area contributed by atoms with E-state index < -0.39 is 0 Å². The van der Waals surface area contributed by atoms with Gasteiger partial charge in [0.25, 0.3) is 0 Å². The number of aromatic nitrogens is 1. The fourth-order valence-corrected chi connectivity index (χ4v) is 9.87. The number of hydrogen-bond donors (Lipinski definition) is 0. The summed E-state index contributed by atoms with van der Waals surface area (Å²) in [5.41, 5.74) is 14.4. The van der Waals surface area contributed by atoms with Crippen LogP contribution in [0, 0.1) is 0 Å². The fourth-order valence-electron chi connectivity index (χ4n) is 9.87. The van der Waals surface area contributed by atoms with E-state index in [2.05, 4.69) is 216 Å². The highest BCUT2D eigenvalue weighted by Crippen LogP contribution is 2.48. The first-order valence-electron chi connectivity index (χ1n) is 21.1. The van der Waals surface area contributed by atoms with E-state index in [0.717, 1.165) is 111 Å². The van der Waals surface area contributed by atoms with Crippen LogP contribution in [-0.2, 0) is 0 Å². The van der Waals surface area contributed by atoms with Gasteiger partial charge in [-0.1, -0.05) is 158 Å². The van der Waals surface area contributed by atoms with Crippen LogP contribution in [0.4, 0.5) is 17.1 Å². The summed E-state index contributed by atoms with van der Waals surface area (Å²) in [7, 11) is 0. The summed E-state index contributed by atoms with van der Waals surface area (Å²) in [6.07, 6.45) is 0. The molecule has 0 radical (unpaired) electrons. The Labute approximate surface area is 356 Å². The van der Waals surface area contributed by atoms with E-state index in [-0.39, 0.29) is 0 Å². The Bertz CT molecular complexity index is 3830. The second kappa shape index (κ2) is 13.6. The highest BCUT2D eigenvalue weighted by atomic mass is 16.3. The zero-order valence-corrected chi connectivity index (χ0v) is 33.5. The number of fused-ring (bicyclic) bond motifs is 11. The van der Waals surface area contributed by atoms with E-state index in [9.17, 15) is 0 Å². The summed E-state index contributed by atoms with van der Waals surface area (Å²) in [4.78, 5) is 2.43. The highest BCUT2D eigenvalue weighted by Gasteiger charge is 2.25. The van der Waals surface area contributed by atoms with Crippen molar-refractivity contribution in [2.75, 3.05) is 4.90 Å². The van der Waals surface area contributed by atoms with Crippen molar-refractivity contribution in [3.63, 3.8) is 0 Å². The molecule has 0 N–H and O–H groups in total. The smallest absolute Gasteiger partial charge is 0.143 e. The maximum absolute atomic E-state index is 6.73. The normalized spacial score (nSPS) is 11.9. The number of nitrogens with zero attached hydrogens (tertiary/aromatic N) is 2. The van der Waals surface area contributed by atoms with Crippen molar-refractivity contribution in [3.8, 4) is 27.9 Å². The molecule has 0 saturated carbocycles. The second-order valence-electron chi connectivity index (χ2n) is 16.0. The van der Waals surface area contributed by atoms with E-state index in [1.54, 1.807) is 0 Å². The van der Waals surface area contributed by atoms with Gasteiger partial charge in [-0.05, 0) is 77.2 Å². The molecule has 0 bridgehead atoms. The molecule has 0 aliphatic carbocycles. The zero-order chi connectivity index (χ0) is 40.7. The van der Waals surface area contributed by atoms with Crippen LogP contribution >= 0.6 is 0 Å². The van der Waals surface area contributed by atoms with Crippen LogP contribution in [0.5, 0.6) is 0 Å². The van der Waals surface area contributed by atoms with Gasteiger partial charge in [0.1, 0.15) is 22.3 Å². The topological polar surface area (TPSA) is 34.5 Å². The zero-order valence-electron chi connectivity index (χ0n) is 33.5. The van der Waals surface area contributed by atoms with E-state index in [0.29, 0.717) is 0 Å². The summed E-state index contributed by atoms with van der Waals surface area (Å²) in [5, 5.41) is 9.16. The lowest BCUT2D eigenvalue weighted by atomic mass is 9.96. The van der Waals surface area contributed by atoms with Gasteiger partial charge >= 0.3 is 0 Å². The molecule has 13 aromatic rings. The first kappa shape index (κ1) is 34.5. The average Bonchev–Trinajstić information content (AvgIpc) is 4.02. The van der Waals surface area contributed by atoms with Crippen LogP contribution in [0.1, 0.15) is 0 Å². The molecule has 0 fully saturated rings. The number of furan rings is 2. The minimum atomic E-state index is 0.866. The van der Waals surface area contributed by atoms with E-state index >= 15 is 0 Å². The lowest BCUT2D eigenvalue weighted by molar-refractivity contribution is 0.670. The molecule has 290 valence electrons. The van der Waals surface area contributed by atoms with Crippen LogP contribution in [0.25, 0.3) is 104 Å². The minimum Gasteiger partial charge on any atom is -0.455 e. The van der Waals surface area contributed by atoms with Gasteiger partial charge in [-0.2, -0.15) is 0 Å². The molecule has 62 heavy (non-hydrogen) atoms. The van der Waals surface area contributed by atoms with Crippen molar-refractivity contribution in [2.24, 2.45) is 0 Å². The predicted octanol–water partition coefficient (Wildman–Crippen LogP) is 16.5. The SMILES string of the molecule is c1ccc(N(c2ccc(-c3cccc4c3oc3ccccc34)cc2)c2ccccc2-n2c3ccccc3c3ccccc32)c(-c2cccc3oc4c5ccccc5ccc4c23)c1. The molecule has 0 aliphatic rings. The third-order valence-electron chi connectivity index (χ3n) is 12.6. The number of hydrogen-bond acceptors (Lipinski definition) is 3. The summed E-state index contributed by atoms with van der Waals surface area (Å²) in [6.45, 7) is 0. The van der Waals surface area contributed by atoms with E-state index in [4.69, 9.17) is 8.83 Å². The van der Waals surface area contributed by atoms with Gasteiger partial charge in [0, 0.05) is 54.5 Å². The van der Waals surface area contributed by atoms with Gasteiger partial charge in [0.2, 0.25) is 0 Å². The molecule has 4 nitrogen and oxygen atoms in total. The Hall–Kier alpha value is -8.34. The Morgan fingerprint density at radius 1 is 0.339 bits per heavy atom. The van der Waals surface area contributed by atoms with Crippen LogP contribution in [0.3, 0.4) is 0 Å². The van der Waals surface area contributed by atoms with Gasteiger partial charge in [0.05, 0.1) is 28.1 Å². The molecule has 0 amide bonds. The van der Waals surface area contributed by atoms with Crippen molar-refractivity contribution in [1.82, 2.24) is 4.57 Å². The second-order valence-corrected chi connectivity index (χ2v) is 16.0. The molecular weight excluding hydrogens is 757 g/mol. The molecule has 10 aromatic carbocycles. The van der Waals surface area contributed by atoms with Gasteiger partial charge in [-0.25, -0.2) is 0 Å². The summed E-state index contributed by atoms with van der Waals surface area (Å²) >= 11 is 0. The monoisotopic (exact) mass is 792 g/mol. The van der Waals surface area contributed by atoms with Crippen molar-refractivity contribution >= 4 is 93.5 Å². The molecule has 13 rings (SSSR count). The first-order chi connectivity index (χ1) is 30.8. The average molecular weight is 793 g/mol. The molecular formula is C58H36N2O2. The van der Waals surface area contributed by atoms with Crippen LogP contribution < -0.4 is 4.90 Å². The van der Waals surface area contributed by atoms with Crippen molar-refractivity contribution < 1.29 is 8.83 Å². The summed E-state index contributed by atoms with van der Waals surface area (Å²) in [5.74, 6) is 0. The Morgan fingerprint density at radius 2 is 0.919 bits per heavy atom. The largest absolute Gasteiger partial charge is 0.455 e. The quantitative estimate of drug-likeness (QED) is 0.168. The molecule has 0 aliphatic heterocycles. The number of para-hydroxylation sites is 7. The van der Waals surface area contributed by atoms with Crippen LogP contribution in [0.15, 0.2) is 227 Å². The van der Waals surface area contributed by atoms with Crippen LogP contribution in [-0.4, -0.2) is 4.57 Å². The predicted molar refractivity (Wildman–Crippen MR) is 258 cm³/mol. The maximum atomic E-state index is 6.73. The van der Waals surface area contributed by atoms with E-state index in [1.807, 2.05) is 12.1 Å². The van der Waals surface area contributed by atoms with Gasteiger partial charge in [0.15, 0.2) is 0 Å². The number of benzene rings is 10. The molecule has 3 heterocycles. The van der Waals surface area contributed by atoms with Gasteiger partial charge in [-0.3, -0.25) is 0 Å². The third kappa shape index (κ3) is 5.14. The molecule has 0 saturated heterocycles. The molecule has 0 spiro atoms. The molecule has 4 heteroatoms. The van der Waals surface area contributed by atoms with Crippen molar-refractivity contribution in [2.45, 2.75) is 0 Å². The number of rotatable bonds is 6. The lowest BCUT2D eigenvalue weighted by Crippen LogP contribution is -2.14. The fraction of sp³-hybridized carbons (Fsp3) is 0. The highest BCUT2D eigenvalue weighted by molar-refractivity contribution is 6.20. The maximum Gasteiger partial charge on any atom is 0.143 e. The van der Waals surface area contributed by atoms with Gasteiger partial charge in [-0.15, -0.1) is 0 Å². The van der Waals surface area contributed by atoms with Crippen LogP contribution in [0.2, 0.25) is 0 Å².